The van der Waals surface area contributed by atoms with Gasteiger partial charge in [0.15, 0.2) is 0 Å². The lowest BCUT2D eigenvalue weighted by molar-refractivity contribution is -0.129. The summed E-state index contributed by atoms with van der Waals surface area (Å²) in [5.74, 6) is 0.648. The van der Waals surface area contributed by atoms with E-state index in [1.54, 1.807) is 0 Å². The second-order valence-corrected chi connectivity index (χ2v) is 11.4. The average molecular weight is 537 g/mol. The van der Waals surface area contributed by atoms with Crippen molar-refractivity contribution >= 4 is 29.6 Å². The molecule has 2 aliphatic rings. The minimum Gasteiger partial charge on any atom is -0.389 e. The molecule has 0 unspecified atom stereocenters. The fourth-order valence-corrected chi connectivity index (χ4v) is 6.23. The lowest BCUT2D eigenvalue weighted by Crippen LogP contribution is -2.41. The van der Waals surface area contributed by atoms with Gasteiger partial charge in [-0.2, -0.15) is 11.8 Å². The molecule has 0 aromatic rings. The fourth-order valence-electron chi connectivity index (χ4n) is 4.68. The van der Waals surface area contributed by atoms with Crippen LogP contribution in [0.15, 0.2) is 24.3 Å². The van der Waals surface area contributed by atoms with Gasteiger partial charge in [-0.15, -0.1) is 0 Å². The largest absolute Gasteiger partial charge is 0.389 e. The van der Waals surface area contributed by atoms with E-state index in [1.807, 2.05) is 30.0 Å². The standard InChI is InChI=1S/C28H48N4O4S/c1-2-3-11-16-22(33)17-12-9-7-5-4-6-8-10-13-19-25(34)31-32-26(35)20-15-14-18-24-27-23(21-37-24)29-28(36)30-27/h7,9,12,17,22-24,27,33H,2-6,8,10-11,13-16,18-21H2,1H3,(H,31,34)(H,32,35)(H2,29,30,36)/b9-7+,17-12+/t22-,23-,24+,27-/m0/s1. The van der Waals surface area contributed by atoms with Crippen LogP contribution in [-0.2, 0) is 9.59 Å². The van der Waals surface area contributed by atoms with E-state index in [9.17, 15) is 19.5 Å². The van der Waals surface area contributed by atoms with Crippen molar-refractivity contribution < 1.29 is 19.5 Å². The molecule has 4 amide bonds. The van der Waals surface area contributed by atoms with E-state index >= 15 is 0 Å². The molecular formula is C28H48N4O4S. The average Bonchev–Trinajstić information content (AvgIpc) is 3.43. The van der Waals surface area contributed by atoms with Gasteiger partial charge in [-0.05, 0) is 38.5 Å². The molecule has 37 heavy (non-hydrogen) atoms. The summed E-state index contributed by atoms with van der Waals surface area (Å²) in [6.07, 6.45) is 21.6. The number of carbonyl (C=O) groups is 3. The molecular weight excluding hydrogens is 488 g/mol. The van der Waals surface area contributed by atoms with Gasteiger partial charge >= 0.3 is 6.03 Å². The monoisotopic (exact) mass is 536 g/mol. The summed E-state index contributed by atoms with van der Waals surface area (Å²) in [5.41, 5.74) is 5.04. The number of hydrogen-bond donors (Lipinski definition) is 5. The molecule has 0 bridgehead atoms. The molecule has 9 heteroatoms. The molecule has 210 valence electrons. The molecule has 2 fully saturated rings. The molecule has 2 rings (SSSR count). The number of thioether (sulfide) groups is 1. The van der Waals surface area contributed by atoms with E-state index in [0.29, 0.717) is 18.1 Å². The third-order valence-electron chi connectivity index (χ3n) is 6.88. The van der Waals surface area contributed by atoms with Crippen LogP contribution in [0.3, 0.4) is 0 Å². The highest BCUT2D eigenvalue weighted by molar-refractivity contribution is 8.00. The van der Waals surface area contributed by atoms with E-state index in [1.165, 1.54) is 12.8 Å². The molecule has 0 aliphatic carbocycles. The van der Waals surface area contributed by atoms with Crippen LogP contribution in [0.25, 0.3) is 0 Å². The number of hydrogen-bond acceptors (Lipinski definition) is 5. The molecule has 8 nitrogen and oxygen atoms in total. The SMILES string of the molecule is CCCCC[C@H](O)/C=C/C=C/CCCCCCCC(=O)NNC(=O)CCCC[C@H]1SC[C@@H]2NC(=O)N[C@@H]21. The van der Waals surface area contributed by atoms with Crippen molar-refractivity contribution in [2.75, 3.05) is 5.75 Å². The van der Waals surface area contributed by atoms with Gasteiger partial charge in [-0.3, -0.25) is 20.4 Å². The molecule has 0 aromatic carbocycles. The quantitative estimate of drug-likeness (QED) is 0.0713. The Morgan fingerprint density at radius 3 is 2.43 bits per heavy atom. The minimum atomic E-state index is -0.335. The van der Waals surface area contributed by atoms with Gasteiger partial charge in [0, 0.05) is 23.8 Å². The normalized spacial score (nSPS) is 21.7. The number of urea groups is 1. The number of aliphatic hydroxyl groups is 1. The zero-order chi connectivity index (χ0) is 26.7. The van der Waals surface area contributed by atoms with Crippen molar-refractivity contribution in [1.82, 2.24) is 21.5 Å². The van der Waals surface area contributed by atoms with Crippen LogP contribution in [-0.4, -0.2) is 52.1 Å². The predicted octanol–water partition coefficient (Wildman–Crippen LogP) is 4.64. The van der Waals surface area contributed by atoms with E-state index in [4.69, 9.17) is 0 Å². The highest BCUT2D eigenvalue weighted by Gasteiger charge is 2.42. The van der Waals surface area contributed by atoms with Gasteiger partial charge in [-0.25, -0.2) is 4.79 Å². The van der Waals surface area contributed by atoms with Crippen molar-refractivity contribution in [3.05, 3.63) is 24.3 Å². The summed E-state index contributed by atoms with van der Waals surface area (Å²) >= 11 is 1.88. The number of hydrazine groups is 1. The topological polar surface area (TPSA) is 120 Å². The number of nitrogens with one attached hydrogen (secondary N) is 4. The smallest absolute Gasteiger partial charge is 0.315 e. The van der Waals surface area contributed by atoms with E-state index in [0.717, 1.165) is 76.4 Å². The Kier molecular flexibility index (Phi) is 16.1. The summed E-state index contributed by atoms with van der Waals surface area (Å²) in [4.78, 5) is 35.3. The lowest BCUT2D eigenvalue weighted by Gasteiger charge is -2.16. The van der Waals surface area contributed by atoms with Gasteiger partial charge in [0.2, 0.25) is 11.8 Å². The van der Waals surface area contributed by atoms with Crippen molar-refractivity contribution in [2.24, 2.45) is 0 Å². The summed E-state index contributed by atoms with van der Waals surface area (Å²) in [6, 6.07) is 0.366. The first-order valence-electron chi connectivity index (χ1n) is 14.3. The van der Waals surface area contributed by atoms with Crippen LogP contribution in [0.2, 0.25) is 0 Å². The Hall–Kier alpha value is -2.00. The van der Waals surface area contributed by atoms with E-state index in [-0.39, 0.29) is 36.0 Å². The molecule has 2 aliphatic heterocycles. The van der Waals surface area contributed by atoms with Gasteiger partial charge < -0.3 is 15.7 Å². The van der Waals surface area contributed by atoms with Gasteiger partial charge in [0.05, 0.1) is 18.2 Å². The zero-order valence-corrected chi connectivity index (χ0v) is 23.3. The Balaban J connectivity index is 1.36. The van der Waals surface area contributed by atoms with Gasteiger partial charge in [-0.1, -0.05) is 76.2 Å². The second kappa shape index (κ2) is 19.1. The summed E-state index contributed by atoms with van der Waals surface area (Å²) < 4.78 is 0. The second-order valence-electron chi connectivity index (χ2n) is 10.1. The zero-order valence-electron chi connectivity index (χ0n) is 22.5. The summed E-state index contributed by atoms with van der Waals surface area (Å²) in [5, 5.41) is 16.2. The fraction of sp³-hybridized carbons (Fsp3) is 0.750. The predicted molar refractivity (Wildman–Crippen MR) is 151 cm³/mol. The molecule has 0 spiro atoms. The lowest BCUT2D eigenvalue weighted by atomic mass is 10.0. The maximum absolute atomic E-state index is 12.0. The molecule has 2 saturated heterocycles. The number of amides is 4. The molecule has 0 radical (unpaired) electrons. The number of aliphatic hydroxyl groups excluding tert-OH is 1. The third-order valence-corrected chi connectivity index (χ3v) is 8.39. The van der Waals surface area contributed by atoms with Crippen molar-refractivity contribution in [3.8, 4) is 0 Å². The maximum Gasteiger partial charge on any atom is 0.315 e. The van der Waals surface area contributed by atoms with Crippen LogP contribution in [0.4, 0.5) is 4.79 Å². The van der Waals surface area contributed by atoms with Crippen LogP contribution in [0, 0.1) is 0 Å². The van der Waals surface area contributed by atoms with Gasteiger partial charge in [0.25, 0.3) is 0 Å². The van der Waals surface area contributed by atoms with E-state index in [2.05, 4.69) is 34.5 Å². The molecule has 5 N–H and O–H groups in total. The minimum absolute atomic E-state index is 0.0714. The Bertz CT molecular complexity index is 746. The number of unbranched alkanes of at least 4 members (excludes halogenated alkanes) is 8. The highest BCUT2D eigenvalue weighted by Crippen LogP contribution is 2.33. The maximum atomic E-state index is 12.0. The first kappa shape index (κ1) is 31.2. The van der Waals surface area contributed by atoms with Crippen molar-refractivity contribution in [2.45, 2.75) is 127 Å². The van der Waals surface area contributed by atoms with E-state index < -0.39 is 0 Å². The molecule has 0 aromatic heterocycles. The van der Waals surface area contributed by atoms with Crippen molar-refractivity contribution in [1.29, 1.82) is 0 Å². The Morgan fingerprint density at radius 1 is 0.973 bits per heavy atom. The number of fused-ring (bicyclic) bond motifs is 1. The van der Waals surface area contributed by atoms with Crippen LogP contribution in [0.5, 0.6) is 0 Å². The Morgan fingerprint density at radius 2 is 1.68 bits per heavy atom. The van der Waals surface area contributed by atoms with Gasteiger partial charge in [0.1, 0.15) is 0 Å². The number of allylic oxidation sites excluding steroid dienone is 3. The van der Waals surface area contributed by atoms with Crippen molar-refractivity contribution in [3.63, 3.8) is 0 Å². The molecule has 0 saturated carbocycles. The summed E-state index contributed by atoms with van der Waals surface area (Å²) in [7, 11) is 0. The number of carbonyl (C=O) groups excluding carboxylic acids is 3. The number of rotatable bonds is 19. The molecule has 4 atom stereocenters. The summed E-state index contributed by atoms with van der Waals surface area (Å²) in [6.45, 7) is 2.16. The molecule has 2 heterocycles. The highest BCUT2D eigenvalue weighted by atomic mass is 32.2. The Labute approximate surface area is 227 Å². The first-order valence-corrected chi connectivity index (χ1v) is 15.3. The first-order chi connectivity index (χ1) is 18.0. The van der Waals surface area contributed by atoms with Crippen LogP contribution >= 0.6 is 11.8 Å². The van der Waals surface area contributed by atoms with Crippen LogP contribution < -0.4 is 21.5 Å². The third kappa shape index (κ3) is 13.9. The van der Waals surface area contributed by atoms with Crippen LogP contribution in [0.1, 0.15) is 103 Å².